The molecule has 3 nitrogen and oxygen atoms in total. The number of benzene rings is 1. The SMILES string of the molecule is CCCc1ccc(S(=O)(=O)NCc2ccsc2)cc1. The molecule has 0 amide bonds. The molecule has 0 spiro atoms. The topological polar surface area (TPSA) is 46.2 Å². The third-order valence-electron chi connectivity index (χ3n) is 2.82. The largest absolute Gasteiger partial charge is 0.240 e. The summed E-state index contributed by atoms with van der Waals surface area (Å²) in [7, 11) is -3.41. The third kappa shape index (κ3) is 3.89. The van der Waals surface area contributed by atoms with Crippen molar-refractivity contribution in [2.45, 2.75) is 31.2 Å². The summed E-state index contributed by atoms with van der Waals surface area (Å²) < 4.78 is 26.8. The van der Waals surface area contributed by atoms with Crippen LogP contribution in [0.1, 0.15) is 24.5 Å². The van der Waals surface area contributed by atoms with E-state index in [1.165, 1.54) is 5.56 Å². The maximum atomic E-state index is 12.1. The number of nitrogens with one attached hydrogen (secondary N) is 1. The molecule has 0 unspecified atom stereocenters. The fourth-order valence-electron chi connectivity index (χ4n) is 1.78. The number of sulfonamides is 1. The fraction of sp³-hybridized carbons (Fsp3) is 0.286. The van der Waals surface area contributed by atoms with Crippen molar-refractivity contribution in [1.82, 2.24) is 4.72 Å². The van der Waals surface area contributed by atoms with Crippen molar-refractivity contribution in [3.8, 4) is 0 Å². The molecule has 1 N–H and O–H groups in total. The molecule has 1 aromatic carbocycles. The van der Waals surface area contributed by atoms with E-state index in [0.29, 0.717) is 11.4 Å². The second-order valence-electron chi connectivity index (χ2n) is 4.35. The molecular formula is C14H17NO2S2. The second-order valence-corrected chi connectivity index (χ2v) is 6.90. The molecule has 19 heavy (non-hydrogen) atoms. The van der Waals surface area contributed by atoms with Gasteiger partial charge in [0.05, 0.1) is 4.90 Å². The number of hydrogen-bond acceptors (Lipinski definition) is 3. The lowest BCUT2D eigenvalue weighted by Gasteiger charge is -2.06. The van der Waals surface area contributed by atoms with E-state index < -0.39 is 10.0 Å². The van der Waals surface area contributed by atoms with Crippen LogP contribution in [0.4, 0.5) is 0 Å². The van der Waals surface area contributed by atoms with Gasteiger partial charge in [-0.25, -0.2) is 13.1 Å². The van der Waals surface area contributed by atoms with Crippen LogP contribution in [-0.4, -0.2) is 8.42 Å². The van der Waals surface area contributed by atoms with Gasteiger partial charge in [0, 0.05) is 6.54 Å². The smallest absolute Gasteiger partial charge is 0.207 e. The van der Waals surface area contributed by atoms with Gasteiger partial charge in [-0.1, -0.05) is 25.5 Å². The highest BCUT2D eigenvalue weighted by Crippen LogP contribution is 2.13. The monoisotopic (exact) mass is 295 g/mol. The average molecular weight is 295 g/mol. The van der Waals surface area contributed by atoms with Crippen LogP contribution in [0.15, 0.2) is 46.0 Å². The van der Waals surface area contributed by atoms with E-state index >= 15 is 0 Å². The van der Waals surface area contributed by atoms with Crippen molar-refractivity contribution < 1.29 is 8.42 Å². The Morgan fingerprint density at radius 2 is 1.84 bits per heavy atom. The third-order valence-corrected chi connectivity index (χ3v) is 4.97. The van der Waals surface area contributed by atoms with Gasteiger partial charge in [-0.15, -0.1) is 0 Å². The highest BCUT2D eigenvalue weighted by atomic mass is 32.2. The summed E-state index contributed by atoms with van der Waals surface area (Å²) in [6.07, 6.45) is 2.03. The molecule has 0 atom stereocenters. The molecular weight excluding hydrogens is 278 g/mol. The first-order chi connectivity index (χ1) is 9.12. The molecule has 0 fully saturated rings. The first kappa shape index (κ1) is 14.2. The van der Waals surface area contributed by atoms with Gasteiger partial charge in [-0.3, -0.25) is 0 Å². The number of thiophene rings is 1. The maximum absolute atomic E-state index is 12.1. The summed E-state index contributed by atoms with van der Waals surface area (Å²) in [5, 5.41) is 3.87. The highest BCUT2D eigenvalue weighted by Gasteiger charge is 2.13. The van der Waals surface area contributed by atoms with Gasteiger partial charge in [-0.05, 0) is 46.5 Å². The van der Waals surface area contributed by atoms with E-state index in [-0.39, 0.29) is 0 Å². The Balaban J connectivity index is 2.06. The Labute approximate surface area is 118 Å². The molecule has 1 aromatic heterocycles. The van der Waals surface area contributed by atoms with Gasteiger partial charge >= 0.3 is 0 Å². The molecule has 0 radical (unpaired) electrons. The van der Waals surface area contributed by atoms with Crippen LogP contribution in [0, 0.1) is 0 Å². The fourth-order valence-corrected chi connectivity index (χ4v) is 3.47. The van der Waals surface area contributed by atoms with Gasteiger partial charge in [-0.2, -0.15) is 11.3 Å². The molecule has 0 saturated carbocycles. The van der Waals surface area contributed by atoms with Crippen LogP contribution in [0.25, 0.3) is 0 Å². The van der Waals surface area contributed by atoms with E-state index in [9.17, 15) is 8.42 Å². The summed E-state index contributed by atoms with van der Waals surface area (Å²) in [5.41, 5.74) is 2.15. The minimum absolute atomic E-state index is 0.322. The van der Waals surface area contributed by atoms with Crippen molar-refractivity contribution in [3.05, 3.63) is 52.2 Å². The van der Waals surface area contributed by atoms with Crippen LogP contribution >= 0.6 is 11.3 Å². The van der Waals surface area contributed by atoms with Crippen LogP contribution in [0.2, 0.25) is 0 Å². The Morgan fingerprint density at radius 1 is 1.11 bits per heavy atom. The standard InChI is InChI=1S/C14H17NO2S2/c1-2-3-12-4-6-14(7-5-12)19(16,17)15-10-13-8-9-18-11-13/h4-9,11,15H,2-3,10H2,1H3. The minimum atomic E-state index is -3.41. The van der Waals surface area contributed by atoms with Crippen molar-refractivity contribution in [2.75, 3.05) is 0 Å². The van der Waals surface area contributed by atoms with Crippen molar-refractivity contribution in [3.63, 3.8) is 0 Å². The van der Waals surface area contributed by atoms with E-state index in [1.54, 1.807) is 23.5 Å². The molecule has 1 heterocycles. The normalized spacial score (nSPS) is 11.6. The number of rotatable bonds is 6. The molecule has 2 aromatic rings. The lowest BCUT2D eigenvalue weighted by atomic mass is 10.1. The Kier molecular flexibility index (Phi) is 4.74. The van der Waals surface area contributed by atoms with Gasteiger partial charge in [0.25, 0.3) is 0 Å². The summed E-state index contributed by atoms with van der Waals surface area (Å²) in [4.78, 5) is 0.322. The lowest BCUT2D eigenvalue weighted by molar-refractivity contribution is 0.581. The molecule has 2 rings (SSSR count). The quantitative estimate of drug-likeness (QED) is 0.889. The summed E-state index contributed by atoms with van der Waals surface area (Å²) in [6.45, 7) is 2.44. The zero-order valence-corrected chi connectivity index (χ0v) is 12.4. The number of hydrogen-bond donors (Lipinski definition) is 1. The minimum Gasteiger partial charge on any atom is -0.207 e. The predicted molar refractivity (Wildman–Crippen MR) is 78.8 cm³/mol. The van der Waals surface area contributed by atoms with Gasteiger partial charge < -0.3 is 0 Å². The second kappa shape index (κ2) is 6.32. The van der Waals surface area contributed by atoms with Gasteiger partial charge in [0.15, 0.2) is 0 Å². The zero-order chi connectivity index (χ0) is 13.7. The molecule has 0 saturated heterocycles. The molecule has 0 aliphatic rings. The first-order valence-electron chi connectivity index (χ1n) is 6.21. The summed E-state index contributed by atoms with van der Waals surface area (Å²) in [6, 6.07) is 9.00. The highest BCUT2D eigenvalue weighted by molar-refractivity contribution is 7.89. The molecule has 5 heteroatoms. The predicted octanol–water partition coefficient (Wildman–Crippen LogP) is 3.18. The van der Waals surface area contributed by atoms with Crippen LogP contribution < -0.4 is 4.72 Å². The van der Waals surface area contributed by atoms with Crippen molar-refractivity contribution >= 4 is 21.4 Å². The van der Waals surface area contributed by atoms with Crippen LogP contribution in [-0.2, 0) is 23.0 Å². The van der Waals surface area contributed by atoms with Crippen molar-refractivity contribution in [1.29, 1.82) is 0 Å². The van der Waals surface area contributed by atoms with E-state index in [4.69, 9.17) is 0 Å². The molecule has 0 aliphatic heterocycles. The maximum Gasteiger partial charge on any atom is 0.240 e. The molecule has 0 aliphatic carbocycles. The zero-order valence-electron chi connectivity index (χ0n) is 10.8. The van der Waals surface area contributed by atoms with E-state index in [2.05, 4.69) is 11.6 Å². The van der Waals surface area contributed by atoms with Gasteiger partial charge in [0.1, 0.15) is 0 Å². The van der Waals surface area contributed by atoms with E-state index in [0.717, 1.165) is 18.4 Å². The Hall–Kier alpha value is -1.17. The summed E-state index contributed by atoms with van der Waals surface area (Å²) in [5.74, 6) is 0. The van der Waals surface area contributed by atoms with E-state index in [1.807, 2.05) is 29.0 Å². The average Bonchev–Trinajstić information content (AvgIpc) is 2.91. The Morgan fingerprint density at radius 3 is 2.42 bits per heavy atom. The van der Waals surface area contributed by atoms with Crippen molar-refractivity contribution in [2.24, 2.45) is 0 Å². The molecule has 0 bridgehead atoms. The molecule has 102 valence electrons. The Bertz CT molecular complexity index is 601. The first-order valence-corrected chi connectivity index (χ1v) is 8.64. The van der Waals surface area contributed by atoms with Crippen LogP contribution in [0.3, 0.4) is 0 Å². The lowest BCUT2D eigenvalue weighted by Crippen LogP contribution is -2.22. The summed E-state index contributed by atoms with van der Waals surface area (Å²) >= 11 is 1.56. The van der Waals surface area contributed by atoms with Crippen LogP contribution in [0.5, 0.6) is 0 Å². The van der Waals surface area contributed by atoms with Gasteiger partial charge in [0.2, 0.25) is 10.0 Å². The number of aryl methyl sites for hydroxylation is 1.